The molecule has 7 nitrogen and oxygen atoms in total. The Labute approximate surface area is 86.2 Å². The minimum atomic E-state index is -0.619. The van der Waals surface area contributed by atoms with Crippen LogP contribution in [-0.2, 0) is 9.47 Å². The van der Waals surface area contributed by atoms with Crippen LogP contribution in [0.2, 0.25) is 0 Å². The average Bonchev–Trinajstić information content (AvgIpc) is 2.78. The van der Waals surface area contributed by atoms with E-state index < -0.39 is 6.04 Å². The van der Waals surface area contributed by atoms with Crippen molar-refractivity contribution in [2.45, 2.75) is 12.1 Å². The molecule has 15 heavy (non-hydrogen) atoms. The normalized spacial score (nSPS) is 24.0. The summed E-state index contributed by atoms with van der Waals surface area (Å²) in [7, 11) is 0. The van der Waals surface area contributed by atoms with Gasteiger partial charge < -0.3 is 24.8 Å². The molecule has 1 saturated heterocycles. The lowest BCUT2D eigenvalue weighted by Crippen LogP contribution is -2.22. The zero-order chi connectivity index (χ0) is 10.7. The van der Waals surface area contributed by atoms with E-state index in [-0.39, 0.29) is 18.5 Å². The second-order valence-electron chi connectivity index (χ2n) is 3.21. The molecule has 0 bridgehead atoms. The minimum absolute atomic E-state index is 0.221. The predicted octanol–water partition coefficient (Wildman–Crippen LogP) is -0.850. The summed E-state index contributed by atoms with van der Waals surface area (Å²) in [6, 6.07) is -0.619. The number of hydrogen-bond donors (Lipinski definition) is 2. The van der Waals surface area contributed by atoms with Gasteiger partial charge in [-0.2, -0.15) is 4.98 Å². The summed E-state index contributed by atoms with van der Waals surface area (Å²) in [5.41, 5.74) is 5.53. The van der Waals surface area contributed by atoms with Crippen LogP contribution >= 0.6 is 0 Å². The molecule has 1 aromatic heterocycles. The molecule has 0 spiro atoms. The number of hydrogen-bond acceptors (Lipinski definition) is 7. The van der Waals surface area contributed by atoms with Gasteiger partial charge in [0.05, 0.1) is 32.5 Å². The third-order valence-corrected chi connectivity index (χ3v) is 2.08. The average molecular weight is 215 g/mol. The summed E-state index contributed by atoms with van der Waals surface area (Å²) < 4.78 is 15.5. The van der Waals surface area contributed by atoms with Gasteiger partial charge in [-0.05, 0) is 0 Å². The topological polar surface area (TPSA) is 104 Å². The van der Waals surface area contributed by atoms with Gasteiger partial charge in [0, 0.05) is 0 Å². The number of rotatable bonds is 3. The Bertz CT molecular complexity index is 311. The fourth-order valence-electron chi connectivity index (χ4n) is 1.24. The first-order chi connectivity index (χ1) is 7.31. The number of ether oxygens (including phenoxy) is 2. The Hall–Kier alpha value is -1.02. The van der Waals surface area contributed by atoms with Crippen LogP contribution in [0.25, 0.3) is 0 Å². The molecule has 1 fully saturated rings. The molecule has 7 heteroatoms. The molecule has 1 aliphatic rings. The second kappa shape index (κ2) is 4.67. The zero-order valence-electron chi connectivity index (χ0n) is 8.13. The van der Waals surface area contributed by atoms with E-state index in [1.54, 1.807) is 0 Å². The number of aliphatic hydroxyl groups excluding tert-OH is 1. The summed E-state index contributed by atoms with van der Waals surface area (Å²) >= 11 is 0. The molecule has 84 valence electrons. The molecule has 2 heterocycles. The van der Waals surface area contributed by atoms with Gasteiger partial charge in [0.2, 0.25) is 0 Å². The van der Waals surface area contributed by atoms with Crippen LogP contribution in [-0.4, -0.2) is 41.7 Å². The van der Waals surface area contributed by atoms with Crippen LogP contribution in [0.5, 0.6) is 0 Å². The molecule has 2 unspecified atom stereocenters. The molecular formula is C8H13N3O4. The van der Waals surface area contributed by atoms with Crippen LogP contribution < -0.4 is 5.73 Å². The lowest BCUT2D eigenvalue weighted by Gasteiger charge is -2.19. The van der Waals surface area contributed by atoms with Crippen LogP contribution in [0.3, 0.4) is 0 Å². The Morgan fingerprint density at radius 3 is 3.07 bits per heavy atom. The molecule has 0 saturated carbocycles. The first-order valence-electron chi connectivity index (χ1n) is 4.70. The highest BCUT2D eigenvalue weighted by atomic mass is 16.6. The predicted molar refractivity (Wildman–Crippen MR) is 47.8 cm³/mol. The molecule has 3 N–H and O–H groups in total. The highest BCUT2D eigenvalue weighted by molar-refractivity contribution is 4.95. The van der Waals surface area contributed by atoms with Gasteiger partial charge in [-0.1, -0.05) is 5.16 Å². The van der Waals surface area contributed by atoms with Gasteiger partial charge in [-0.15, -0.1) is 0 Å². The molecular weight excluding hydrogens is 202 g/mol. The second-order valence-corrected chi connectivity index (χ2v) is 3.21. The fraction of sp³-hybridized carbons (Fsp3) is 0.750. The van der Waals surface area contributed by atoms with Gasteiger partial charge in [-0.3, -0.25) is 0 Å². The largest absolute Gasteiger partial charge is 0.394 e. The summed E-state index contributed by atoms with van der Waals surface area (Å²) in [5, 5.41) is 12.5. The van der Waals surface area contributed by atoms with E-state index in [0.29, 0.717) is 25.7 Å². The minimum Gasteiger partial charge on any atom is -0.394 e. The van der Waals surface area contributed by atoms with E-state index in [0.717, 1.165) is 0 Å². The summed E-state index contributed by atoms with van der Waals surface area (Å²) in [6.07, 6.45) is -0.328. The van der Waals surface area contributed by atoms with E-state index in [1.807, 2.05) is 0 Å². The number of aliphatic hydroxyl groups is 1. The van der Waals surface area contributed by atoms with Crippen molar-refractivity contribution in [1.29, 1.82) is 0 Å². The molecule has 1 aliphatic heterocycles. The molecule has 2 atom stereocenters. The Morgan fingerprint density at radius 1 is 1.53 bits per heavy atom. The van der Waals surface area contributed by atoms with Crippen molar-refractivity contribution in [3.63, 3.8) is 0 Å². The molecule has 0 aromatic carbocycles. The van der Waals surface area contributed by atoms with Crippen molar-refractivity contribution in [3.8, 4) is 0 Å². The lowest BCUT2D eigenvalue weighted by molar-refractivity contribution is -0.101. The summed E-state index contributed by atoms with van der Waals surface area (Å²) in [6.45, 7) is 1.26. The maximum absolute atomic E-state index is 8.81. The summed E-state index contributed by atoms with van der Waals surface area (Å²) in [5.74, 6) is 0.621. The molecule has 0 aliphatic carbocycles. The van der Waals surface area contributed by atoms with E-state index in [9.17, 15) is 0 Å². The third kappa shape index (κ3) is 2.32. The highest BCUT2D eigenvalue weighted by Crippen LogP contribution is 2.19. The Balaban J connectivity index is 2.05. The Morgan fingerprint density at radius 2 is 2.40 bits per heavy atom. The van der Waals surface area contributed by atoms with Crippen molar-refractivity contribution >= 4 is 0 Å². The van der Waals surface area contributed by atoms with E-state index in [4.69, 9.17) is 24.8 Å². The lowest BCUT2D eigenvalue weighted by atomic mass is 10.3. The van der Waals surface area contributed by atoms with E-state index >= 15 is 0 Å². The van der Waals surface area contributed by atoms with Crippen molar-refractivity contribution in [3.05, 3.63) is 11.7 Å². The first-order valence-corrected chi connectivity index (χ1v) is 4.70. The van der Waals surface area contributed by atoms with Gasteiger partial charge in [0.15, 0.2) is 11.9 Å². The van der Waals surface area contributed by atoms with Crippen LogP contribution in [0.1, 0.15) is 23.9 Å². The molecule has 0 amide bonds. The number of aromatic nitrogens is 2. The SMILES string of the molecule is NC(CO)c1noc(C2COCCO2)n1. The van der Waals surface area contributed by atoms with Crippen molar-refractivity contribution in [2.75, 3.05) is 26.4 Å². The monoisotopic (exact) mass is 215 g/mol. The maximum atomic E-state index is 8.81. The third-order valence-electron chi connectivity index (χ3n) is 2.08. The standard InChI is InChI=1S/C8H13N3O4/c9-5(3-12)7-10-8(15-11-7)6-4-13-1-2-14-6/h5-6,12H,1-4,9H2. The van der Waals surface area contributed by atoms with Crippen molar-refractivity contribution < 1.29 is 19.1 Å². The van der Waals surface area contributed by atoms with E-state index in [1.165, 1.54) is 0 Å². The van der Waals surface area contributed by atoms with Gasteiger partial charge in [0.25, 0.3) is 5.89 Å². The highest BCUT2D eigenvalue weighted by Gasteiger charge is 2.24. The number of nitrogens with zero attached hydrogens (tertiary/aromatic N) is 2. The molecule has 1 aromatic rings. The van der Waals surface area contributed by atoms with Gasteiger partial charge in [0.1, 0.15) is 0 Å². The first kappa shape index (κ1) is 10.5. The zero-order valence-corrected chi connectivity index (χ0v) is 8.13. The van der Waals surface area contributed by atoms with E-state index in [2.05, 4.69) is 10.1 Å². The Kier molecular flexibility index (Phi) is 3.27. The smallest absolute Gasteiger partial charge is 0.258 e. The van der Waals surface area contributed by atoms with Crippen molar-refractivity contribution in [1.82, 2.24) is 10.1 Å². The summed E-state index contributed by atoms with van der Waals surface area (Å²) in [4.78, 5) is 4.04. The van der Waals surface area contributed by atoms with Crippen LogP contribution in [0.4, 0.5) is 0 Å². The molecule has 2 rings (SSSR count). The van der Waals surface area contributed by atoms with Gasteiger partial charge in [-0.25, -0.2) is 0 Å². The molecule has 0 radical (unpaired) electrons. The van der Waals surface area contributed by atoms with Crippen molar-refractivity contribution in [2.24, 2.45) is 5.73 Å². The maximum Gasteiger partial charge on any atom is 0.258 e. The van der Waals surface area contributed by atoms with Gasteiger partial charge >= 0.3 is 0 Å². The quantitative estimate of drug-likeness (QED) is 0.676. The van der Waals surface area contributed by atoms with Crippen LogP contribution in [0.15, 0.2) is 4.52 Å². The van der Waals surface area contributed by atoms with Crippen LogP contribution in [0, 0.1) is 0 Å². The fourth-order valence-corrected chi connectivity index (χ4v) is 1.24. The number of nitrogens with two attached hydrogens (primary N) is 1.